The lowest BCUT2D eigenvalue weighted by Crippen LogP contribution is -2.35. The van der Waals surface area contributed by atoms with E-state index in [9.17, 15) is 8.78 Å². The standard InChI is InChI=1S/C11H16F2N2/c1-8(6-14)15(2)7-9-5-10(12)3-4-11(9)13/h3-5,8H,6-7,14H2,1-2H3. The molecule has 1 unspecified atom stereocenters. The summed E-state index contributed by atoms with van der Waals surface area (Å²) >= 11 is 0. The number of likely N-dealkylation sites (N-methyl/N-ethyl adjacent to an activating group) is 1. The zero-order valence-electron chi connectivity index (χ0n) is 9.00. The molecular formula is C11H16F2N2. The minimum absolute atomic E-state index is 0.146. The van der Waals surface area contributed by atoms with Crippen LogP contribution in [0.2, 0.25) is 0 Å². The van der Waals surface area contributed by atoms with Crippen molar-refractivity contribution in [3.05, 3.63) is 35.4 Å². The molecule has 15 heavy (non-hydrogen) atoms. The van der Waals surface area contributed by atoms with Crippen LogP contribution in [0, 0.1) is 11.6 Å². The van der Waals surface area contributed by atoms with Gasteiger partial charge in [0.1, 0.15) is 11.6 Å². The van der Waals surface area contributed by atoms with Crippen LogP contribution in [0.1, 0.15) is 12.5 Å². The Morgan fingerprint density at radius 1 is 1.40 bits per heavy atom. The fraction of sp³-hybridized carbons (Fsp3) is 0.455. The number of rotatable bonds is 4. The molecule has 0 saturated heterocycles. The van der Waals surface area contributed by atoms with E-state index in [1.165, 1.54) is 6.07 Å². The molecule has 2 nitrogen and oxygen atoms in total. The summed E-state index contributed by atoms with van der Waals surface area (Å²) < 4.78 is 26.1. The van der Waals surface area contributed by atoms with Crippen molar-refractivity contribution in [1.82, 2.24) is 4.90 Å². The van der Waals surface area contributed by atoms with E-state index >= 15 is 0 Å². The van der Waals surface area contributed by atoms with E-state index in [1.54, 1.807) is 0 Å². The number of nitrogens with zero attached hydrogens (tertiary/aromatic N) is 1. The lowest BCUT2D eigenvalue weighted by Gasteiger charge is -2.23. The Kier molecular flexibility index (Phi) is 4.17. The largest absolute Gasteiger partial charge is 0.329 e. The molecule has 0 saturated carbocycles. The molecule has 0 aliphatic rings. The van der Waals surface area contributed by atoms with Gasteiger partial charge in [-0.1, -0.05) is 0 Å². The first kappa shape index (κ1) is 12.1. The van der Waals surface area contributed by atoms with Crippen LogP contribution in [0.25, 0.3) is 0 Å². The van der Waals surface area contributed by atoms with Gasteiger partial charge in [-0.3, -0.25) is 4.90 Å². The van der Waals surface area contributed by atoms with Crippen LogP contribution in [-0.4, -0.2) is 24.5 Å². The van der Waals surface area contributed by atoms with Crippen molar-refractivity contribution in [2.75, 3.05) is 13.6 Å². The van der Waals surface area contributed by atoms with E-state index < -0.39 is 5.82 Å². The van der Waals surface area contributed by atoms with Crippen LogP contribution >= 0.6 is 0 Å². The van der Waals surface area contributed by atoms with Crippen LogP contribution in [0.15, 0.2) is 18.2 Å². The zero-order valence-corrected chi connectivity index (χ0v) is 9.00. The highest BCUT2D eigenvalue weighted by Crippen LogP contribution is 2.12. The SMILES string of the molecule is CC(CN)N(C)Cc1cc(F)ccc1F. The smallest absolute Gasteiger partial charge is 0.127 e. The maximum absolute atomic E-state index is 13.3. The summed E-state index contributed by atoms with van der Waals surface area (Å²) in [5.41, 5.74) is 5.84. The van der Waals surface area contributed by atoms with Gasteiger partial charge < -0.3 is 5.73 Å². The first-order chi connectivity index (χ1) is 7.04. The molecule has 0 spiro atoms. The third kappa shape index (κ3) is 3.25. The highest BCUT2D eigenvalue weighted by Gasteiger charge is 2.11. The Morgan fingerprint density at radius 3 is 2.67 bits per heavy atom. The molecule has 1 rings (SSSR count). The van der Waals surface area contributed by atoms with Gasteiger partial charge in [0.05, 0.1) is 0 Å². The monoisotopic (exact) mass is 214 g/mol. The predicted molar refractivity (Wildman–Crippen MR) is 56.3 cm³/mol. The quantitative estimate of drug-likeness (QED) is 0.827. The predicted octanol–water partition coefficient (Wildman–Crippen LogP) is 1.74. The number of hydrogen-bond acceptors (Lipinski definition) is 2. The summed E-state index contributed by atoms with van der Waals surface area (Å²) in [6.07, 6.45) is 0. The van der Waals surface area contributed by atoms with Gasteiger partial charge in [0.25, 0.3) is 0 Å². The molecule has 84 valence electrons. The average Bonchev–Trinajstić information content (AvgIpc) is 2.22. The molecule has 0 aliphatic heterocycles. The zero-order chi connectivity index (χ0) is 11.4. The van der Waals surface area contributed by atoms with E-state index in [1.807, 2.05) is 18.9 Å². The second-order valence-electron chi connectivity index (χ2n) is 3.74. The van der Waals surface area contributed by atoms with Crippen molar-refractivity contribution in [2.45, 2.75) is 19.5 Å². The van der Waals surface area contributed by atoms with E-state index in [-0.39, 0.29) is 11.9 Å². The number of halogens is 2. The van der Waals surface area contributed by atoms with Gasteiger partial charge in [-0.25, -0.2) is 8.78 Å². The first-order valence-corrected chi connectivity index (χ1v) is 4.89. The molecule has 0 bridgehead atoms. The average molecular weight is 214 g/mol. The van der Waals surface area contributed by atoms with E-state index in [0.717, 1.165) is 12.1 Å². The minimum atomic E-state index is -0.416. The van der Waals surface area contributed by atoms with Crippen molar-refractivity contribution >= 4 is 0 Å². The Balaban J connectivity index is 2.75. The highest BCUT2D eigenvalue weighted by molar-refractivity contribution is 5.18. The lowest BCUT2D eigenvalue weighted by molar-refractivity contribution is 0.251. The van der Waals surface area contributed by atoms with E-state index in [4.69, 9.17) is 5.73 Å². The molecule has 0 aromatic heterocycles. The lowest BCUT2D eigenvalue weighted by atomic mass is 10.1. The van der Waals surface area contributed by atoms with Gasteiger partial charge in [-0.2, -0.15) is 0 Å². The summed E-state index contributed by atoms with van der Waals surface area (Å²) in [5.74, 6) is -0.798. The summed E-state index contributed by atoms with van der Waals surface area (Å²) in [6.45, 7) is 2.80. The van der Waals surface area contributed by atoms with E-state index in [2.05, 4.69) is 0 Å². The van der Waals surface area contributed by atoms with Crippen LogP contribution in [-0.2, 0) is 6.54 Å². The molecule has 1 atom stereocenters. The van der Waals surface area contributed by atoms with E-state index in [0.29, 0.717) is 18.7 Å². The fourth-order valence-electron chi connectivity index (χ4n) is 1.27. The summed E-state index contributed by atoms with van der Waals surface area (Å²) in [6, 6.07) is 3.62. The summed E-state index contributed by atoms with van der Waals surface area (Å²) in [4.78, 5) is 1.89. The Labute approximate surface area is 88.7 Å². The van der Waals surface area contributed by atoms with Crippen LogP contribution in [0.4, 0.5) is 8.78 Å². The Bertz CT molecular complexity index is 328. The Hall–Kier alpha value is -1.00. The maximum Gasteiger partial charge on any atom is 0.127 e. The van der Waals surface area contributed by atoms with Crippen molar-refractivity contribution in [1.29, 1.82) is 0 Å². The van der Waals surface area contributed by atoms with Crippen molar-refractivity contribution in [2.24, 2.45) is 5.73 Å². The molecular weight excluding hydrogens is 198 g/mol. The van der Waals surface area contributed by atoms with Crippen molar-refractivity contribution in [3.63, 3.8) is 0 Å². The van der Waals surface area contributed by atoms with Crippen LogP contribution in [0.3, 0.4) is 0 Å². The first-order valence-electron chi connectivity index (χ1n) is 4.89. The van der Waals surface area contributed by atoms with Crippen molar-refractivity contribution < 1.29 is 8.78 Å². The molecule has 0 amide bonds. The summed E-state index contributed by atoms with van der Waals surface area (Å²) in [5, 5.41) is 0. The number of nitrogens with two attached hydrogens (primary N) is 1. The second kappa shape index (κ2) is 5.19. The second-order valence-corrected chi connectivity index (χ2v) is 3.74. The molecule has 1 aromatic rings. The van der Waals surface area contributed by atoms with Gasteiger partial charge in [0.2, 0.25) is 0 Å². The normalized spacial score (nSPS) is 13.2. The fourth-order valence-corrected chi connectivity index (χ4v) is 1.27. The highest BCUT2D eigenvalue weighted by atomic mass is 19.1. The van der Waals surface area contributed by atoms with Gasteiger partial charge in [0, 0.05) is 24.7 Å². The minimum Gasteiger partial charge on any atom is -0.329 e. The topological polar surface area (TPSA) is 29.3 Å². The van der Waals surface area contributed by atoms with Gasteiger partial charge >= 0.3 is 0 Å². The van der Waals surface area contributed by atoms with Crippen LogP contribution < -0.4 is 5.73 Å². The Morgan fingerprint density at radius 2 is 2.07 bits per heavy atom. The third-order valence-electron chi connectivity index (χ3n) is 2.52. The van der Waals surface area contributed by atoms with Crippen LogP contribution in [0.5, 0.6) is 0 Å². The molecule has 0 radical (unpaired) electrons. The number of benzene rings is 1. The molecule has 0 fully saturated rings. The molecule has 0 heterocycles. The molecule has 0 aliphatic carbocycles. The third-order valence-corrected chi connectivity index (χ3v) is 2.52. The molecule has 1 aromatic carbocycles. The molecule has 4 heteroatoms. The van der Waals surface area contributed by atoms with Gasteiger partial charge in [-0.15, -0.1) is 0 Å². The molecule has 2 N–H and O–H groups in total. The number of hydrogen-bond donors (Lipinski definition) is 1. The summed E-state index contributed by atoms with van der Waals surface area (Å²) in [7, 11) is 1.84. The maximum atomic E-state index is 13.3. The van der Waals surface area contributed by atoms with Crippen molar-refractivity contribution in [3.8, 4) is 0 Å². The van der Waals surface area contributed by atoms with Gasteiger partial charge in [-0.05, 0) is 32.2 Å². The van der Waals surface area contributed by atoms with Gasteiger partial charge in [0.15, 0.2) is 0 Å².